The highest BCUT2D eigenvalue weighted by Crippen LogP contribution is 2.48. The van der Waals surface area contributed by atoms with Crippen LogP contribution in [0.5, 0.6) is 0 Å². The summed E-state index contributed by atoms with van der Waals surface area (Å²) in [5, 5.41) is 4.89. The third-order valence-electron chi connectivity index (χ3n) is 5.88. The normalized spacial score (nSPS) is 26.6. The van der Waals surface area contributed by atoms with Gasteiger partial charge in [-0.1, -0.05) is 68.2 Å². The average Bonchev–Trinajstić information content (AvgIpc) is 2.93. The first-order valence-corrected chi connectivity index (χ1v) is 11.0. The Hall–Kier alpha value is -1.59. The molecular weight excluding hydrogens is 417 g/mol. The van der Waals surface area contributed by atoms with Crippen molar-refractivity contribution in [1.82, 2.24) is 10.2 Å². The molecule has 1 aliphatic heterocycles. The van der Waals surface area contributed by atoms with Crippen molar-refractivity contribution in [1.29, 1.82) is 0 Å². The van der Waals surface area contributed by atoms with Crippen LogP contribution in [0, 0.1) is 5.41 Å². The van der Waals surface area contributed by atoms with Crippen LogP contribution in [0.1, 0.15) is 44.2 Å². The molecule has 1 fully saturated rings. The molecule has 0 radical (unpaired) electrons. The molecule has 6 heteroatoms. The Balaban J connectivity index is 2.23. The summed E-state index contributed by atoms with van der Waals surface area (Å²) in [4.78, 5) is 14.9. The predicted molar refractivity (Wildman–Crippen MR) is 125 cm³/mol. The SMILES string of the molecule is CN(C)C(=O)C1NC(CC(C)(C)C)C(N)(c2ccc(Cl)cc2)C1c1cccc(Cl)c1. The van der Waals surface area contributed by atoms with Gasteiger partial charge in [-0.05, 0) is 47.2 Å². The first-order valence-electron chi connectivity index (χ1n) is 10.2. The molecule has 162 valence electrons. The number of nitrogens with zero attached hydrogens (tertiary/aromatic N) is 1. The van der Waals surface area contributed by atoms with E-state index in [9.17, 15) is 4.79 Å². The van der Waals surface area contributed by atoms with E-state index >= 15 is 0 Å². The molecule has 1 saturated heterocycles. The molecule has 4 nitrogen and oxygen atoms in total. The van der Waals surface area contributed by atoms with Crippen molar-refractivity contribution >= 4 is 29.1 Å². The topological polar surface area (TPSA) is 58.4 Å². The van der Waals surface area contributed by atoms with E-state index in [1.54, 1.807) is 19.0 Å². The van der Waals surface area contributed by atoms with Crippen molar-refractivity contribution in [3.63, 3.8) is 0 Å². The molecule has 2 aromatic rings. The largest absolute Gasteiger partial charge is 0.347 e. The highest BCUT2D eigenvalue weighted by atomic mass is 35.5. The molecule has 4 atom stereocenters. The van der Waals surface area contributed by atoms with E-state index in [0.29, 0.717) is 10.0 Å². The number of nitrogens with two attached hydrogens (primary N) is 1. The Morgan fingerprint density at radius 1 is 1.10 bits per heavy atom. The molecule has 0 spiro atoms. The summed E-state index contributed by atoms with van der Waals surface area (Å²) < 4.78 is 0. The summed E-state index contributed by atoms with van der Waals surface area (Å²) in [6, 6.07) is 14.7. The molecule has 1 heterocycles. The van der Waals surface area contributed by atoms with Gasteiger partial charge in [-0.3, -0.25) is 4.79 Å². The zero-order valence-electron chi connectivity index (χ0n) is 18.2. The maximum absolute atomic E-state index is 13.3. The maximum Gasteiger partial charge on any atom is 0.239 e. The van der Waals surface area contributed by atoms with Crippen molar-refractivity contribution in [3.05, 3.63) is 69.7 Å². The maximum atomic E-state index is 13.3. The Labute approximate surface area is 189 Å². The van der Waals surface area contributed by atoms with E-state index in [-0.39, 0.29) is 23.3 Å². The molecule has 3 rings (SSSR count). The quantitative estimate of drug-likeness (QED) is 0.707. The van der Waals surface area contributed by atoms with Gasteiger partial charge in [-0.25, -0.2) is 0 Å². The lowest BCUT2D eigenvalue weighted by atomic mass is 9.68. The van der Waals surface area contributed by atoms with Gasteiger partial charge in [-0.15, -0.1) is 0 Å². The van der Waals surface area contributed by atoms with Gasteiger partial charge in [-0.2, -0.15) is 0 Å². The van der Waals surface area contributed by atoms with E-state index in [0.717, 1.165) is 17.5 Å². The predicted octanol–water partition coefficient (Wildman–Crippen LogP) is 4.80. The van der Waals surface area contributed by atoms with Crippen LogP contribution in [0.15, 0.2) is 48.5 Å². The molecule has 3 N–H and O–H groups in total. The van der Waals surface area contributed by atoms with E-state index in [1.807, 2.05) is 48.5 Å². The van der Waals surface area contributed by atoms with E-state index in [1.165, 1.54) is 0 Å². The fourth-order valence-electron chi connectivity index (χ4n) is 4.56. The summed E-state index contributed by atoms with van der Waals surface area (Å²) in [6.07, 6.45) is 0.806. The van der Waals surface area contributed by atoms with Gasteiger partial charge >= 0.3 is 0 Å². The fourth-order valence-corrected chi connectivity index (χ4v) is 4.89. The zero-order valence-corrected chi connectivity index (χ0v) is 19.8. The molecule has 1 aliphatic rings. The van der Waals surface area contributed by atoms with Gasteiger partial charge in [0.2, 0.25) is 5.91 Å². The summed E-state index contributed by atoms with van der Waals surface area (Å²) in [7, 11) is 3.55. The first-order chi connectivity index (χ1) is 13.9. The van der Waals surface area contributed by atoms with Crippen LogP contribution >= 0.6 is 23.2 Å². The minimum Gasteiger partial charge on any atom is -0.347 e. The van der Waals surface area contributed by atoms with Crippen molar-refractivity contribution in [2.45, 2.75) is 50.7 Å². The number of hydrogen-bond acceptors (Lipinski definition) is 3. The van der Waals surface area contributed by atoms with Crippen LogP contribution in [0.4, 0.5) is 0 Å². The van der Waals surface area contributed by atoms with Gasteiger partial charge in [0, 0.05) is 36.1 Å². The van der Waals surface area contributed by atoms with Gasteiger partial charge in [0.15, 0.2) is 0 Å². The zero-order chi connectivity index (χ0) is 22.3. The van der Waals surface area contributed by atoms with Crippen molar-refractivity contribution in [3.8, 4) is 0 Å². The van der Waals surface area contributed by atoms with Crippen LogP contribution < -0.4 is 11.1 Å². The summed E-state index contributed by atoms with van der Waals surface area (Å²) in [5.74, 6) is -0.292. The number of nitrogens with one attached hydrogen (secondary N) is 1. The lowest BCUT2D eigenvalue weighted by molar-refractivity contribution is -0.131. The number of carbonyl (C=O) groups excluding carboxylic acids is 1. The molecule has 4 unspecified atom stereocenters. The third-order valence-corrected chi connectivity index (χ3v) is 6.37. The van der Waals surface area contributed by atoms with E-state index in [2.05, 4.69) is 26.1 Å². The standard InChI is InChI=1S/C24H31Cl2N3O/c1-23(2,3)14-19-24(27,16-9-11-17(25)12-10-16)20(15-7-6-8-18(26)13-15)21(28-19)22(30)29(4)5/h6-13,19-21,28H,14,27H2,1-5H3. The van der Waals surface area contributed by atoms with Crippen LogP contribution in [0.3, 0.4) is 0 Å². The molecule has 0 saturated carbocycles. The Morgan fingerprint density at radius 2 is 1.73 bits per heavy atom. The van der Waals surface area contributed by atoms with Gasteiger partial charge in [0.05, 0.1) is 11.6 Å². The molecule has 0 aromatic heterocycles. The first kappa shape index (κ1) is 23.1. The van der Waals surface area contributed by atoms with Gasteiger partial charge in [0.25, 0.3) is 0 Å². The van der Waals surface area contributed by atoms with Crippen LogP contribution in [-0.4, -0.2) is 37.0 Å². The monoisotopic (exact) mass is 447 g/mol. The minimum atomic E-state index is -0.821. The van der Waals surface area contributed by atoms with E-state index in [4.69, 9.17) is 28.9 Å². The Kier molecular flexibility index (Phi) is 6.54. The molecule has 2 aromatic carbocycles. The van der Waals surface area contributed by atoms with Crippen LogP contribution in [-0.2, 0) is 10.3 Å². The van der Waals surface area contributed by atoms with Gasteiger partial charge in [0.1, 0.15) is 0 Å². The van der Waals surface area contributed by atoms with Crippen LogP contribution in [0.2, 0.25) is 10.0 Å². The van der Waals surface area contributed by atoms with Gasteiger partial charge < -0.3 is 16.0 Å². The second-order valence-electron chi connectivity index (χ2n) is 9.67. The minimum absolute atomic E-state index is 0.000160. The molecule has 1 amide bonds. The highest BCUT2D eigenvalue weighted by molar-refractivity contribution is 6.30. The van der Waals surface area contributed by atoms with Crippen molar-refractivity contribution < 1.29 is 4.79 Å². The number of hydrogen-bond donors (Lipinski definition) is 2. The number of likely N-dealkylation sites (N-methyl/N-ethyl adjacent to an activating group) is 1. The molecule has 0 bridgehead atoms. The highest BCUT2D eigenvalue weighted by Gasteiger charge is 2.57. The lowest BCUT2D eigenvalue weighted by Gasteiger charge is -2.39. The number of benzene rings is 2. The smallest absolute Gasteiger partial charge is 0.239 e. The molecule has 0 aliphatic carbocycles. The fraction of sp³-hybridized carbons (Fsp3) is 0.458. The third kappa shape index (κ3) is 4.52. The van der Waals surface area contributed by atoms with Crippen LogP contribution in [0.25, 0.3) is 0 Å². The average molecular weight is 448 g/mol. The number of halogens is 2. The molecular formula is C24H31Cl2N3O. The molecule has 30 heavy (non-hydrogen) atoms. The number of amides is 1. The van der Waals surface area contributed by atoms with Crippen molar-refractivity contribution in [2.75, 3.05) is 14.1 Å². The number of rotatable bonds is 4. The summed E-state index contributed by atoms with van der Waals surface area (Å²) >= 11 is 12.5. The Bertz CT molecular complexity index is 907. The second kappa shape index (κ2) is 8.51. The van der Waals surface area contributed by atoms with Crippen molar-refractivity contribution in [2.24, 2.45) is 11.1 Å². The Morgan fingerprint density at radius 3 is 2.27 bits per heavy atom. The summed E-state index contributed by atoms with van der Waals surface area (Å²) in [5.41, 5.74) is 8.41. The number of carbonyl (C=O) groups is 1. The van der Waals surface area contributed by atoms with E-state index < -0.39 is 11.6 Å². The summed E-state index contributed by atoms with van der Waals surface area (Å²) in [6.45, 7) is 6.56. The second-order valence-corrected chi connectivity index (χ2v) is 10.5. The lowest BCUT2D eigenvalue weighted by Crippen LogP contribution is -2.51.